The van der Waals surface area contributed by atoms with E-state index in [0.717, 1.165) is 16.7 Å². The van der Waals surface area contributed by atoms with Gasteiger partial charge >= 0.3 is 0 Å². The van der Waals surface area contributed by atoms with Gasteiger partial charge in [0.1, 0.15) is 10.9 Å². The zero-order valence-corrected chi connectivity index (χ0v) is 17.9. The summed E-state index contributed by atoms with van der Waals surface area (Å²) in [5.41, 5.74) is 2.86. The van der Waals surface area contributed by atoms with Crippen molar-refractivity contribution in [3.63, 3.8) is 0 Å². The highest BCUT2D eigenvalue weighted by molar-refractivity contribution is 7.17. The highest BCUT2D eigenvalue weighted by atomic mass is 32.1. The molecule has 1 saturated heterocycles. The Labute approximate surface area is 178 Å². The molecule has 3 heterocycles. The van der Waals surface area contributed by atoms with E-state index in [-0.39, 0.29) is 30.3 Å². The first-order valence-corrected chi connectivity index (χ1v) is 11.0. The first kappa shape index (κ1) is 20.3. The SMILES string of the molecule is CCC1C(=O)NCCN1C(=O)CCn1cnc2scc(-c3ccc(C)cc3)c2c1=O. The summed E-state index contributed by atoms with van der Waals surface area (Å²) >= 11 is 1.44. The first-order valence-electron chi connectivity index (χ1n) is 10.1. The molecule has 156 valence electrons. The molecule has 0 saturated carbocycles. The Morgan fingerprint density at radius 2 is 2.03 bits per heavy atom. The largest absolute Gasteiger partial charge is 0.353 e. The van der Waals surface area contributed by atoms with Crippen LogP contribution in [0.1, 0.15) is 25.3 Å². The van der Waals surface area contributed by atoms with Crippen LogP contribution in [-0.4, -0.2) is 45.4 Å². The summed E-state index contributed by atoms with van der Waals surface area (Å²) in [6.45, 7) is 5.11. The van der Waals surface area contributed by atoms with E-state index in [2.05, 4.69) is 10.3 Å². The van der Waals surface area contributed by atoms with Gasteiger partial charge < -0.3 is 10.2 Å². The highest BCUT2D eigenvalue weighted by Gasteiger charge is 2.31. The van der Waals surface area contributed by atoms with Crippen molar-refractivity contribution < 1.29 is 9.59 Å². The van der Waals surface area contributed by atoms with Gasteiger partial charge in [-0.1, -0.05) is 36.8 Å². The number of nitrogens with zero attached hydrogens (tertiary/aromatic N) is 3. The predicted molar refractivity (Wildman–Crippen MR) is 117 cm³/mol. The lowest BCUT2D eigenvalue weighted by molar-refractivity contribution is -0.143. The molecule has 0 spiro atoms. The number of piperazine rings is 1. The predicted octanol–water partition coefficient (Wildman–Crippen LogP) is 2.56. The molecule has 4 rings (SSSR count). The van der Waals surface area contributed by atoms with Crippen molar-refractivity contribution in [2.24, 2.45) is 0 Å². The van der Waals surface area contributed by atoms with Gasteiger partial charge in [0.15, 0.2) is 0 Å². The maximum atomic E-state index is 13.2. The fourth-order valence-electron chi connectivity index (χ4n) is 3.85. The van der Waals surface area contributed by atoms with Gasteiger partial charge in [0, 0.05) is 37.0 Å². The van der Waals surface area contributed by atoms with Crippen molar-refractivity contribution in [1.82, 2.24) is 19.8 Å². The van der Waals surface area contributed by atoms with Gasteiger partial charge in [-0.25, -0.2) is 4.98 Å². The summed E-state index contributed by atoms with van der Waals surface area (Å²) in [6, 6.07) is 7.61. The third-order valence-corrected chi connectivity index (χ3v) is 6.41. The van der Waals surface area contributed by atoms with Gasteiger partial charge in [0.05, 0.1) is 11.7 Å². The number of fused-ring (bicyclic) bond motifs is 1. The second-order valence-electron chi connectivity index (χ2n) is 7.49. The van der Waals surface area contributed by atoms with Crippen LogP contribution in [0.25, 0.3) is 21.3 Å². The van der Waals surface area contributed by atoms with Crippen LogP contribution >= 0.6 is 11.3 Å². The topological polar surface area (TPSA) is 84.3 Å². The number of nitrogens with one attached hydrogen (secondary N) is 1. The summed E-state index contributed by atoms with van der Waals surface area (Å²) in [4.78, 5) is 44.7. The molecule has 3 aromatic rings. The number of hydrogen-bond donors (Lipinski definition) is 1. The van der Waals surface area contributed by atoms with Crippen molar-refractivity contribution in [1.29, 1.82) is 0 Å². The fraction of sp³-hybridized carbons (Fsp3) is 0.364. The van der Waals surface area contributed by atoms with Crippen LogP contribution in [0.3, 0.4) is 0 Å². The van der Waals surface area contributed by atoms with E-state index < -0.39 is 6.04 Å². The molecule has 2 amide bonds. The minimum atomic E-state index is -0.436. The van der Waals surface area contributed by atoms with Crippen molar-refractivity contribution in [3.8, 4) is 11.1 Å². The summed E-state index contributed by atoms with van der Waals surface area (Å²) in [5.74, 6) is -0.230. The molecule has 1 aromatic carbocycles. The van der Waals surface area contributed by atoms with E-state index in [1.807, 2.05) is 43.5 Å². The molecule has 1 aliphatic rings. The van der Waals surface area contributed by atoms with Gasteiger partial charge in [-0.2, -0.15) is 0 Å². The Morgan fingerprint density at radius 3 is 2.77 bits per heavy atom. The zero-order valence-electron chi connectivity index (χ0n) is 17.1. The van der Waals surface area contributed by atoms with Gasteiger partial charge in [-0.15, -0.1) is 11.3 Å². The third-order valence-electron chi connectivity index (χ3n) is 5.53. The first-order chi connectivity index (χ1) is 14.5. The normalized spacial score (nSPS) is 16.7. The van der Waals surface area contributed by atoms with Gasteiger partial charge in [-0.3, -0.25) is 19.0 Å². The minimum absolute atomic E-state index is 0.113. The summed E-state index contributed by atoms with van der Waals surface area (Å²) < 4.78 is 1.50. The Hall–Kier alpha value is -3.00. The van der Waals surface area contributed by atoms with Crippen LogP contribution in [0.15, 0.2) is 40.8 Å². The molecular weight excluding hydrogens is 400 g/mol. The monoisotopic (exact) mass is 424 g/mol. The smallest absolute Gasteiger partial charge is 0.262 e. The maximum Gasteiger partial charge on any atom is 0.262 e. The number of carbonyl (C=O) groups is 2. The minimum Gasteiger partial charge on any atom is -0.353 e. The molecule has 1 unspecified atom stereocenters. The van der Waals surface area contributed by atoms with Crippen molar-refractivity contribution in [2.45, 2.75) is 39.3 Å². The third kappa shape index (κ3) is 3.75. The van der Waals surface area contributed by atoms with E-state index >= 15 is 0 Å². The van der Waals surface area contributed by atoms with E-state index in [1.165, 1.54) is 22.2 Å². The lowest BCUT2D eigenvalue weighted by Gasteiger charge is -2.34. The molecule has 1 fully saturated rings. The van der Waals surface area contributed by atoms with Crippen LogP contribution in [-0.2, 0) is 16.1 Å². The van der Waals surface area contributed by atoms with Crippen molar-refractivity contribution in [3.05, 3.63) is 51.9 Å². The lowest BCUT2D eigenvalue weighted by atomic mass is 10.1. The average Bonchev–Trinajstić information content (AvgIpc) is 3.18. The molecule has 0 aliphatic carbocycles. The number of aryl methyl sites for hydroxylation is 2. The number of amides is 2. The summed E-state index contributed by atoms with van der Waals surface area (Å²) in [6.07, 6.45) is 2.23. The van der Waals surface area contributed by atoms with E-state index in [9.17, 15) is 14.4 Å². The molecule has 7 nitrogen and oxygen atoms in total. The zero-order chi connectivity index (χ0) is 21.3. The van der Waals surface area contributed by atoms with Crippen LogP contribution < -0.4 is 10.9 Å². The lowest BCUT2D eigenvalue weighted by Crippen LogP contribution is -2.57. The van der Waals surface area contributed by atoms with Gasteiger partial charge in [0.2, 0.25) is 11.8 Å². The molecular formula is C22H24N4O3S. The summed E-state index contributed by atoms with van der Waals surface area (Å²) in [7, 11) is 0. The number of thiophene rings is 1. The number of carbonyl (C=O) groups excluding carboxylic acids is 2. The van der Waals surface area contributed by atoms with Crippen LogP contribution in [0.5, 0.6) is 0 Å². The molecule has 8 heteroatoms. The Bertz CT molecular complexity index is 1150. The van der Waals surface area contributed by atoms with Gasteiger partial charge in [-0.05, 0) is 18.9 Å². The molecule has 1 N–H and O–H groups in total. The molecule has 30 heavy (non-hydrogen) atoms. The Morgan fingerprint density at radius 1 is 1.27 bits per heavy atom. The van der Waals surface area contributed by atoms with E-state index in [1.54, 1.807) is 4.90 Å². The molecule has 2 aromatic heterocycles. The molecule has 1 aliphatic heterocycles. The number of benzene rings is 1. The molecule has 1 atom stereocenters. The number of hydrogen-bond acceptors (Lipinski definition) is 5. The maximum absolute atomic E-state index is 13.2. The number of aromatic nitrogens is 2. The van der Waals surface area contributed by atoms with E-state index in [0.29, 0.717) is 29.7 Å². The van der Waals surface area contributed by atoms with E-state index in [4.69, 9.17) is 0 Å². The van der Waals surface area contributed by atoms with Gasteiger partial charge in [0.25, 0.3) is 5.56 Å². The second-order valence-corrected chi connectivity index (χ2v) is 8.35. The Kier molecular flexibility index (Phi) is 5.67. The average molecular weight is 425 g/mol. The summed E-state index contributed by atoms with van der Waals surface area (Å²) in [5, 5.41) is 5.34. The molecule has 0 bridgehead atoms. The van der Waals surface area contributed by atoms with Crippen LogP contribution in [0.4, 0.5) is 0 Å². The van der Waals surface area contributed by atoms with Crippen LogP contribution in [0, 0.1) is 6.92 Å². The van der Waals surface area contributed by atoms with Crippen molar-refractivity contribution >= 4 is 33.4 Å². The second kappa shape index (κ2) is 8.39. The standard InChI is InChI=1S/C22H24N4O3S/c1-3-17-20(28)23-9-11-26(17)18(27)8-10-25-13-24-21-19(22(25)29)16(12-30-21)15-6-4-14(2)5-7-15/h4-7,12-13,17H,3,8-11H2,1-2H3,(H,23,28). The highest BCUT2D eigenvalue weighted by Crippen LogP contribution is 2.30. The Balaban J connectivity index is 1.58. The molecule has 0 radical (unpaired) electrons. The number of rotatable bonds is 5. The van der Waals surface area contributed by atoms with Crippen molar-refractivity contribution in [2.75, 3.05) is 13.1 Å². The van der Waals surface area contributed by atoms with Crippen LogP contribution in [0.2, 0.25) is 0 Å². The quantitative estimate of drug-likeness (QED) is 0.682. The fourth-order valence-corrected chi connectivity index (χ4v) is 4.76.